The molecule has 0 spiro atoms. The molecule has 0 saturated carbocycles. The van der Waals surface area contributed by atoms with Gasteiger partial charge in [-0.3, -0.25) is 9.36 Å². The smallest absolute Gasteiger partial charge is 0.253 e. The summed E-state index contributed by atoms with van der Waals surface area (Å²) >= 11 is 0. The van der Waals surface area contributed by atoms with Crippen molar-refractivity contribution in [3.05, 3.63) is 95.8 Å². The van der Waals surface area contributed by atoms with Crippen molar-refractivity contribution in [1.29, 1.82) is 0 Å². The summed E-state index contributed by atoms with van der Waals surface area (Å²) in [6.45, 7) is 2.66. The van der Waals surface area contributed by atoms with Gasteiger partial charge in [0.15, 0.2) is 0 Å². The molecule has 0 saturated heterocycles. The van der Waals surface area contributed by atoms with E-state index < -0.39 is 0 Å². The third kappa shape index (κ3) is 3.34. The molecule has 1 aromatic heterocycles. The van der Waals surface area contributed by atoms with E-state index in [0.29, 0.717) is 12.1 Å². The first-order valence-corrected chi connectivity index (χ1v) is 8.96. The summed E-state index contributed by atoms with van der Waals surface area (Å²) in [5, 5.41) is 0. The van der Waals surface area contributed by atoms with Crippen molar-refractivity contribution in [2.24, 2.45) is 0 Å². The van der Waals surface area contributed by atoms with Gasteiger partial charge in [-0.1, -0.05) is 36.4 Å². The van der Waals surface area contributed by atoms with Crippen LogP contribution >= 0.6 is 0 Å². The first-order valence-electron chi connectivity index (χ1n) is 8.96. The third-order valence-electron chi connectivity index (χ3n) is 4.86. The number of hydrogen-bond acceptors (Lipinski definition) is 2. The summed E-state index contributed by atoms with van der Waals surface area (Å²) in [6.07, 6.45) is 1.81. The number of aromatic nitrogens is 2. The predicted molar refractivity (Wildman–Crippen MR) is 108 cm³/mol. The maximum Gasteiger partial charge on any atom is 0.253 e. The van der Waals surface area contributed by atoms with Crippen molar-refractivity contribution >= 4 is 16.9 Å². The molecule has 0 bridgehead atoms. The van der Waals surface area contributed by atoms with Crippen LogP contribution in [0.15, 0.2) is 79.1 Å². The van der Waals surface area contributed by atoms with Crippen LogP contribution in [-0.2, 0) is 6.54 Å². The molecule has 4 aromatic rings. The Morgan fingerprint density at radius 3 is 2.44 bits per heavy atom. The number of nitrogens with zero attached hydrogens (tertiary/aromatic N) is 3. The zero-order valence-electron chi connectivity index (χ0n) is 15.5. The van der Waals surface area contributed by atoms with E-state index in [2.05, 4.69) is 24.0 Å². The SMILES string of the molecule is Cc1ccccc1CN(C)C(=O)c1ccc(-n2cnc3ccccc32)cc1. The van der Waals surface area contributed by atoms with Crippen molar-refractivity contribution in [3.63, 3.8) is 0 Å². The third-order valence-corrected chi connectivity index (χ3v) is 4.86. The molecule has 3 aromatic carbocycles. The summed E-state index contributed by atoms with van der Waals surface area (Å²) < 4.78 is 2.03. The second-order valence-electron chi connectivity index (χ2n) is 6.74. The number of para-hydroxylation sites is 2. The second-order valence-corrected chi connectivity index (χ2v) is 6.74. The van der Waals surface area contributed by atoms with Crippen LogP contribution in [0.4, 0.5) is 0 Å². The van der Waals surface area contributed by atoms with E-state index in [9.17, 15) is 4.79 Å². The molecule has 0 fully saturated rings. The number of imidazole rings is 1. The number of fused-ring (bicyclic) bond motifs is 1. The number of amides is 1. The largest absolute Gasteiger partial charge is 0.337 e. The Morgan fingerprint density at radius 2 is 1.67 bits per heavy atom. The van der Waals surface area contributed by atoms with Gasteiger partial charge in [-0.05, 0) is 54.4 Å². The molecular formula is C23H21N3O. The van der Waals surface area contributed by atoms with E-state index in [4.69, 9.17) is 0 Å². The van der Waals surface area contributed by atoms with Gasteiger partial charge in [0.05, 0.1) is 11.0 Å². The zero-order valence-corrected chi connectivity index (χ0v) is 15.5. The molecule has 134 valence electrons. The van der Waals surface area contributed by atoms with Crippen LogP contribution in [0.25, 0.3) is 16.7 Å². The molecule has 0 aliphatic rings. The standard InChI is InChI=1S/C23H21N3O/c1-17-7-3-4-8-19(17)15-25(2)23(27)18-11-13-20(14-12-18)26-16-24-21-9-5-6-10-22(21)26/h3-14,16H,15H2,1-2H3. The van der Waals surface area contributed by atoms with Crippen LogP contribution in [0.2, 0.25) is 0 Å². The Kier molecular flexibility index (Phi) is 4.47. The van der Waals surface area contributed by atoms with Crippen LogP contribution in [0.5, 0.6) is 0 Å². The van der Waals surface area contributed by atoms with Gasteiger partial charge in [0, 0.05) is 24.8 Å². The minimum Gasteiger partial charge on any atom is -0.337 e. The molecule has 27 heavy (non-hydrogen) atoms. The lowest BCUT2D eigenvalue weighted by atomic mass is 10.1. The molecule has 4 heteroatoms. The Morgan fingerprint density at radius 1 is 0.963 bits per heavy atom. The molecule has 0 unspecified atom stereocenters. The Bertz CT molecular complexity index is 1100. The quantitative estimate of drug-likeness (QED) is 0.536. The summed E-state index contributed by atoms with van der Waals surface area (Å²) in [5.41, 5.74) is 6.03. The molecule has 4 rings (SSSR count). The fraction of sp³-hybridized carbons (Fsp3) is 0.130. The topological polar surface area (TPSA) is 38.1 Å². The molecule has 0 radical (unpaired) electrons. The minimum absolute atomic E-state index is 0.0142. The molecule has 4 nitrogen and oxygen atoms in total. The van der Waals surface area contributed by atoms with Crippen molar-refractivity contribution in [3.8, 4) is 5.69 Å². The highest BCUT2D eigenvalue weighted by atomic mass is 16.2. The first kappa shape index (κ1) is 17.0. The van der Waals surface area contributed by atoms with Crippen LogP contribution in [-0.4, -0.2) is 27.4 Å². The van der Waals surface area contributed by atoms with E-state index in [0.717, 1.165) is 22.3 Å². The van der Waals surface area contributed by atoms with Gasteiger partial charge in [-0.2, -0.15) is 0 Å². The Labute approximate surface area is 158 Å². The van der Waals surface area contributed by atoms with Gasteiger partial charge >= 0.3 is 0 Å². The van der Waals surface area contributed by atoms with Crippen molar-refractivity contribution in [1.82, 2.24) is 14.5 Å². The number of aryl methyl sites for hydroxylation is 1. The highest BCUT2D eigenvalue weighted by molar-refractivity contribution is 5.94. The molecule has 0 N–H and O–H groups in total. The van der Waals surface area contributed by atoms with E-state index in [1.807, 2.05) is 78.6 Å². The maximum absolute atomic E-state index is 12.8. The molecular weight excluding hydrogens is 334 g/mol. The first-order chi connectivity index (χ1) is 13.1. The summed E-state index contributed by atoms with van der Waals surface area (Å²) in [4.78, 5) is 19.0. The predicted octanol–water partition coefficient (Wildman–Crippen LogP) is 4.61. The lowest BCUT2D eigenvalue weighted by Gasteiger charge is -2.19. The van der Waals surface area contributed by atoms with E-state index in [1.54, 1.807) is 4.90 Å². The number of rotatable bonds is 4. The molecule has 1 heterocycles. The number of hydrogen-bond donors (Lipinski definition) is 0. The number of carbonyl (C=O) groups is 1. The molecule has 1 amide bonds. The van der Waals surface area contributed by atoms with E-state index >= 15 is 0 Å². The average Bonchev–Trinajstić information content (AvgIpc) is 3.13. The van der Waals surface area contributed by atoms with Crippen LogP contribution < -0.4 is 0 Å². The van der Waals surface area contributed by atoms with Crippen molar-refractivity contribution in [2.45, 2.75) is 13.5 Å². The van der Waals surface area contributed by atoms with Crippen LogP contribution in [0, 0.1) is 6.92 Å². The number of benzene rings is 3. The average molecular weight is 355 g/mol. The fourth-order valence-corrected chi connectivity index (χ4v) is 3.26. The van der Waals surface area contributed by atoms with E-state index in [-0.39, 0.29) is 5.91 Å². The van der Waals surface area contributed by atoms with Crippen molar-refractivity contribution in [2.75, 3.05) is 7.05 Å². The zero-order chi connectivity index (χ0) is 18.8. The Balaban J connectivity index is 1.55. The van der Waals surface area contributed by atoms with Gasteiger partial charge < -0.3 is 4.90 Å². The normalized spacial score (nSPS) is 10.9. The van der Waals surface area contributed by atoms with Gasteiger partial charge in [0.25, 0.3) is 5.91 Å². The van der Waals surface area contributed by atoms with Gasteiger partial charge in [-0.15, -0.1) is 0 Å². The van der Waals surface area contributed by atoms with Gasteiger partial charge in [-0.25, -0.2) is 4.98 Å². The highest BCUT2D eigenvalue weighted by Gasteiger charge is 2.13. The summed E-state index contributed by atoms with van der Waals surface area (Å²) in [5.74, 6) is 0.0142. The maximum atomic E-state index is 12.8. The van der Waals surface area contributed by atoms with Crippen LogP contribution in [0.1, 0.15) is 21.5 Å². The Hall–Kier alpha value is -3.40. The lowest BCUT2D eigenvalue weighted by Crippen LogP contribution is -2.26. The highest BCUT2D eigenvalue weighted by Crippen LogP contribution is 2.19. The number of carbonyl (C=O) groups excluding carboxylic acids is 1. The second kappa shape index (κ2) is 7.08. The fourth-order valence-electron chi connectivity index (χ4n) is 3.26. The molecule has 0 atom stereocenters. The van der Waals surface area contributed by atoms with E-state index in [1.165, 1.54) is 5.56 Å². The summed E-state index contributed by atoms with van der Waals surface area (Å²) in [6, 6.07) is 23.8. The minimum atomic E-state index is 0.0142. The lowest BCUT2D eigenvalue weighted by molar-refractivity contribution is 0.0785. The monoisotopic (exact) mass is 355 g/mol. The van der Waals surface area contributed by atoms with Gasteiger partial charge in [0.1, 0.15) is 6.33 Å². The molecule has 0 aliphatic heterocycles. The van der Waals surface area contributed by atoms with Crippen LogP contribution in [0.3, 0.4) is 0 Å². The summed E-state index contributed by atoms with van der Waals surface area (Å²) in [7, 11) is 1.84. The van der Waals surface area contributed by atoms with Gasteiger partial charge in [0.2, 0.25) is 0 Å². The molecule has 0 aliphatic carbocycles. The van der Waals surface area contributed by atoms with Crippen molar-refractivity contribution < 1.29 is 4.79 Å².